The molecule has 0 saturated heterocycles. The number of ether oxygens (including phenoxy) is 4. The topological polar surface area (TPSA) is 155 Å². The van der Waals surface area contributed by atoms with Crippen molar-refractivity contribution in [2.45, 2.75) is 75.4 Å². The van der Waals surface area contributed by atoms with Crippen LogP contribution in [0.4, 0.5) is 38.0 Å². The number of anilines is 2. The molecule has 4 aromatic carbocycles. The van der Waals surface area contributed by atoms with Gasteiger partial charge in [-0.3, -0.25) is 19.2 Å². The molecule has 6 atom stereocenters. The highest BCUT2D eigenvalue weighted by atomic mass is 19.2. The SMILES string of the molecule is O=C(Cc1cc(F)c(F)cc1F)C[C@@H]1C2Oc3ccc(Oc4ccnc5c4CCC(=O)N5)cc3[C@H]21.O=C(Cc1cc(F)c(F)cc1F)C[C@@H]1C2Oc3ccc(Oc4ccnc5c4CCC(=O)N5)cc3[C@H]21. The summed E-state index contributed by atoms with van der Waals surface area (Å²) in [4.78, 5) is 56.7. The number of hydrogen-bond donors (Lipinski definition) is 2. The first kappa shape index (κ1) is 44.7. The molecule has 2 N–H and O–H groups in total. The van der Waals surface area contributed by atoms with Gasteiger partial charge in [-0.2, -0.15) is 0 Å². The van der Waals surface area contributed by atoms with Gasteiger partial charge in [0, 0.05) is 109 Å². The number of carbonyl (C=O) groups is 4. The van der Waals surface area contributed by atoms with Crippen LogP contribution in [-0.2, 0) is 44.9 Å². The van der Waals surface area contributed by atoms with Crippen LogP contribution in [0.2, 0.25) is 0 Å². The number of rotatable bonds is 12. The van der Waals surface area contributed by atoms with E-state index in [9.17, 15) is 45.5 Å². The fourth-order valence-corrected chi connectivity index (χ4v) is 9.97. The van der Waals surface area contributed by atoms with Crippen molar-refractivity contribution in [3.05, 3.63) is 153 Å². The molecule has 2 saturated carbocycles. The number of pyridine rings is 2. The normalized spacial score (nSPS) is 21.3. The minimum absolute atomic E-state index is 0.0120. The summed E-state index contributed by atoms with van der Waals surface area (Å²) in [5.41, 5.74) is 3.21. The van der Waals surface area contributed by atoms with Crippen molar-refractivity contribution in [2.75, 3.05) is 10.6 Å². The quantitative estimate of drug-likeness (QED) is 0.0895. The van der Waals surface area contributed by atoms with E-state index in [1.807, 2.05) is 24.3 Å². The number of hydrogen-bond acceptors (Lipinski definition) is 10. The third-order valence-electron chi connectivity index (χ3n) is 13.5. The molecule has 2 aromatic heterocycles. The summed E-state index contributed by atoms with van der Waals surface area (Å²) in [5.74, 6) is -2.72. The molecule has 18 heteroatoms. The number of nitrogens with zero attached hydrogens (tertiary/aromatic N) is 2. The Morgan fingerprint density at radius 1 is 0.543 bits per heavy atom. The van der Waals surface area contributed by atoms with Crippen molar-refractivity contribution in [1.82, 2.24) is 9.97 Å². The second-order valence-electron chi connectivity index (χ2n) is 18.1. The van der Waals surface area contributed by atoms with Gasteiger partial charge in [0.1, 0.15) is 81.5 Å². The van der Waals surface area contributed by atoms with Crippen molar-refractivity contribution >= 4 is 35.0 Å². The predicted octanol–water partition coefficient (Wildman–Crippen LogP) is 9.70. The summed E-state index contributed by atoms with van der Waals surface area (Å²) in [6.07, 6.45) is 4.32. The van der Waals surface area contributed by atoms with Gasteiger partial charge in [-0.1, -0.05) is 0 Å². The maximum atomic E-state index is 13.9. The maximum Gasteiger partial charge on any atom is 0.225 e. The molecule has 0 spiro atoms. The van der Waals surface area contributed by atoms with E-state index in [4.69, 9.17) is 18.9 Å². The molecule has 4 aliphatic heterocycles. The minimum atomic E-state index is -1.28. The van der Waals surface area contributed by atoms with Crippen LogP contribution in [0.15, 0.2) is 85.2 Å². The number of ketones is 2. The van der Waals surface area contributed by atoms with Crippen LogP contribution in [0.5, 0.6) is 34.5 Å². The zero-order valence-corrected chi connectivity index (χ0v) is 36.6. The predicted molar refractivity (Wildman–Crippen MR) is 236 cm³/mol. The van der Waals surface area contributed by atoms with E-state index in [-0.39, 0.29) is 96.1 Å². The van der Waals surface area contributed by atoms with Crippen LogP contribution >= 0.6 is 0 Å². The first-order chi connectivity index (χ1) is 33.7. The van der Waals surface area contributed by atoms with E-state index in [1.54, 1.807) is 36.7 Å². The lowest BCUT2D eigenvalue weighted by molar-refractivity contribution is -0.119. The van der Waals surface area contributed by atoms with E-state index in [0.29, 0.717) is 72.4 Å². The second-order valence-corrected chi connectivity index (χ2v) is 18.1. The Kier molecular flexibility index (Phi) is 11.3. The highest BCUT2D eigenvalue weighted by Gasteiger charge is 2.60. The van der Waals surface area contributed by atoms with E-state index in [2.05, 4.69) is 20.6 Å². The number of nitrogens with one attached hydrogen (secondary N) is 2. The zero-order valence-electron chi connectivity index (χ0n) is 36.6. The highest BCUT2D eigenvalue weighted by molar-refractivity contribution is 5.94. The molecular formula is C52H38F6N4O8. The molecule has 2 amide bonds. The van der Waals surface area contributed by atoms with Gasteiger partial charge in [0.05, 0.1) is 0 Å². The smallest absolute Gasteiger partial charge is 0.225 e. The van der Waals surface area contributed by atoms with Crippen LogP contribution in [0.25, 0.3) is 0 Å². The minimum Gasteiger partial charge on any atom is -0.489 e. The van der Waals surface area contributed by atoms with Gasteiger partial charge in [-0.15, -0.1) is 0 Å². The number of halogens is 6. The molecule has 6 heterocycles. The summed E-state index contributed by atoms with van der Waals surface area (Å²) < 4.78 is 105. The molecule has 0 radical (unpaired) electrons. The summed E-state index contributed by atoms with van der Waals surface area (Å²) in [6, 6.07) is 16.9. The second kappa shape index (κ2) is 17.6. The number of fused-ring (bicyclic) bond motifs is 8. The average Bonchev–Trinajstić information content (AvgIpc) is 4.06. The van der Waals surface area contributed by atoms with E-state index < -0.39 is 34.9 Å². The molecule has 6 aliphatic rings. The third-order valence-corrected chi connectivity index (χ3v) is 13.5. The summed E-state index contributed by atoms with van der Waals surface area (Å²) in [6.45, 7) is 0. The van der Waals surface area contributed by atoms with Gasteiger partial charge in [0.25, 0.3) is 0 Å². The lowest BCUT2D eigenvalue weighted by atomic mass is 10.0. The Labute approximate surface area is 394 Å². The molecule has 70 heavy (non-hydrogen) atoms. The van der Waals surface area contributed by atoms with Crippen LogP contribution in [0, 0.1) is 46.7 Å². The van der Waals surface area contributed by atoms with Gasteiger partial charge in [0.15, 0.2) is 23.3 Å². The number of Topliss-reactive ketones (excluding diaryl/α,β-unsaturated/α-hetero) is 2. The summed E-state index contributed by atoms with van der Waals surface area (Å²) >= 11 is 0. The third kappa shape index (κ3) is 8.66. The number of benzene rings is 4. The molecule has 2 unspecified atom stereocenters. The first-order valence-corrected chi connectivity index (χ1v) is 22.6. The Balaban J connectivity index is 0.000000152. The number of amides is 2. The Morgan fingerprint density at radius 2 is 0.957 bits per heavy atom. The van der Waals surface area contributed by atoms with Crippen LogP contribution in [0.1, 0.15) is 70.9 Å². The molecule has 2 aliphatic carbocycles. The van der Waals surface area contributed by atoms with Gasteiger partial charge >= 0.3 is 0 Å². The zero-order chi connectivity index (χ0) is 48.5. The van der Waals surface area contributed by atoms with Gasteiger partial charge in [-0.25, -0.2) is 36.3 Å². The van der Waals surface area contributed by atoms with Crippen molar-refractivity contribution in [2.24, 2.45) is 11.8 Å². The lowest BCUT2D eigenvalue weighted by Crippen LogP contribution is -2.20. The van der Waals surface area contributed by atoms with Crippen molar-refractivity contribution in [3.8, 4) is 34.5 Å². The number of carbonyl (C=O) groups excluding carboxylic acids is 4. The summed E-state index contributed by atoms with van der Waals surface area (Å²) in [5, 5.41) is 5.49. The molecule has 0 bridgehead atoms. The number of aromatic nitrogens is 2. The fraction of sp³-hybridized carbons (Fsp3) is 0.269. The van der Waals surface area contributed by atoms with Gasteiger partial charge < -0.3 is 29.6 Å². The standard InChI is InChI=1S/2C26H19F3N2O4/c2*27-18-11-20(29)19(28)8-12(18)7-13(32)9-17-24-16-10-14(1-3-21(16)35-25(17)24)34-22-5-6-30-26-15(22)2-4-23(33)31-26/h2*1,3,5-6,8,10-11,17,24-25H,2,4,7,9H2,(H,30,31,33)/t2*17-,24-,25?/m00/s1. The van der Waals surface area contributed by atoms with E-state index in [0.717, 1.165) is 45.9 Å². The lowest BCUT2D eigenvalue weighted by Gasteiger charge is -2.19. The van der Waals surface area contributed by atoms with Gasteiger partial charge in [0.2, 0.25) is 11.8 Å². The Morgan fingerprint density at radius 3 is 1.39 bits per heavy atom. The molecule has 2 fully saturated rings. The Bertz CT molecular complexity index is 3000. The monoisotopic (exact) mass is 960 g/mol. The molecule has 6 aromatic rings. The first-order valence-electron chi connectivity index (χ1n) is 22.6. The van der Waals surface area contributed by atoms with Crippen LogP contribution < -0.4 is 29.6 Å². The Hall–Kier alpha value is -7.76. The van der Waals surface area contributed by atoms with Crippen molar-refractivity contribution in [3.63, 3.8) is 0 Å². The van der Waals surface area contributed by atoms with Crippen LogP contribution in [-0.4, -0.2) is 45.6 Å². The van der Waals surface area contributed by atoms with Crippen LogP contribution in [0.3, 0.4) is 0 Å². The summed E-state index contributed by atoms with van der Waals surface area (Å²) in [7, 11) is 0. The van der Waals surface area contributed by atoms with Gasteiger partial charge in [-0.05, 0) is 84.6 Å². The molecule has 356 valence electrons. The van der Waals surface area contributed by atoms with Crippen molar-refractivity contribution in [1.29, 1.82) is 0 Å². The molecule has 12 nitrogen and oxygen atoms in total. The maximum absolute atomic E-state index is 13.9. The molecule has 12 rings (SSSR count). The van der Waals surface area contributed by atoms with Crippen molar-refractivity contribution < 1.29 is 64.5 Å². The largest absolute Gasteiger partial charge is 0.489 e. The molecular weight excluding hydrogens is 923 g/mol. The highest BCUT2D eigenvalue weighted by Crippen LogP contribution is 2.61. The van der Waals surface area contributed by atoms with E-state index in [1.165, 1.54) is 0 Å². The average molecular weight is 961 g/mol. The van der Waals surface area contributed by atoms with E-state index >= 15 is 0 Å². The fourth-order valence-electron chi connectivity index (χ4n) is 9.97.